The van der Waals surface area contributed by atoms with Crippen LogP contribution in [0.1, 0.15) is 15.9 Å². The Morgan fingerprint density at radius 3 is 2.36 bits per heavy atom. The maximum absolute atomic E-state index is 12.4. The minimum atomic E-state index is -0.201. The van der Waals surface area contributed by atoms with E-state index in [9.17, 15) is 4.79 Å². The number of pyridine rings is 1. The fourth-order valence-electron chi connectivity index (χ4n) is 2.99. The SMILES string of the molecule is COc1ccc(-c2ccc(NC(=O)c3cccnc3)c(C)c2)c(OC)c1OC. The summed E-state index contributed by atoms with van der Waals surface area (Å²) < 4.78 is 16.4. The van der Waals surface area contributed by atoms with Crippen molar-refractivity contribution in [2.75, 3.05) is 26.6 Å². The average Bonchev–Trinajstić information content (AvgIpc) is 2.74. The summed E-state index contributed by atoms with van der Waals surface area (Å²) in [4.78, 5) is 16.4. The molecule has 0 saturated carbocycles. The van der Waals surface area contributed by atoms with E-state index in [2.05, 4.69) is 10.3 Å². The number of methoxy groups -OCH3 is 3. The molecule has 3 aromatic rings. The number of hydrogen-bond donors (Lipinski definition) is 1. The van der Waals surface area contributed by atoms with Crippen LogP contribution in [0.15, 0.2) is 54.9 Å². The molecular formula is C22H22N2O4. The normalized spacial score (nSPS) is 10.3. The first-order valence-electron chi connectivity index (χ1n) is 8.70. The second-order valence-corrected chi connectivity index (χ2v) is 6.11. The van der Waals surface area contributed by atoms with Gasteiger partial charge in [0.1, 0.15) is 0 Å². The molecule has 0 saturated heterocycles. The van der Waals surface area contributed by atoms with Crippen LogP contribution in [0.5, 0.6) is 17.2 Å². The molecule has 0 spiro atoms. The Bertz CT molecular complexity index is 987. The van der Waals surface area contributed by atoms with Crippen LogP contribution < -0.4 is 19.5 Å². The molecule has 2 aromatic carbocycles. The molecule has 1 heterocycles. The van der Waals surface area contributed by atoms with Crippen molar-refractivity contribution in [2.45, 2.75) is 6.92 Å². The minimum absolute atomic E-state index is 0.201. The monoisotopic (exact) mass is 378 g/mol. The predicted molar refractivity (Wildman–Crippen MR) is 108 cm³/mol. The Morgan fingerprint density at radius 2 is 1.75 bits per heavy atom. The summed E-state index contributed by atoms with van der Waals surface area (Å²) in [5.41, 5.74) is 3.97. The van der Waals surface area contributed by atoms with Crippen molar-refractivity contribution in [3.63, 3.8) is 0 Å². The highest BCUT2D eigenvalue weighted by molar-refractivity contribution is 6.04. The van der Waals surface area contributed by atoms with Crippen molar-refractivity contribution < 1.29 is 19.0 Å². The molecule has 0 radical (unpaired) electrons. The molecule has 6 nitrogen and oxygen atoms in total. The fourth-order valence-corrected chi connectivity index (χ4v) is 2.99. The van der Waals surface area contributed by atoms with Crippen LogP contribution in [0.4, 0.5) is 5.69 Å². The molecule has 28 heavy (non-hydrogen) atoms. The van der Waals surface area contributed by atoms with Gasteiger partial charge in [0.2, 0.25) is 5.75 Å². The van der Waals surface area contributed by atoms with E-state index in [1.54, 1.807) is 39.7 Å². The Hall–Kier alpha value is -3.54. The third-order valence-corrected chi connectivity index (χ3v) is 4.41. The number of carbonyl (C=O) groups is 1. The van der Waals surface area contributed by atoms with Crippen molar-refractivity contribution in [1.29, 1.82) is 0 Å². The van der Waals surface area contributed by atoms with Gasteiger partial charge in [0, 0.05) is 23.6 Å². The standard InChI is InChI=1S/C22H22N2O4/c1-14-12-15(17-8-10-19(26-2)21(28-4)20(17)27-3)7-9-18(14)24-22(25)16-6-5-11-23-13-16/h5-13H,1-4H3,(H,24,25). The Labute approximate surface area is 164 Å². The number of ether oxygens (including phenoxy) is 3. The first-order chi connectivity index (χ1) is 13.6. The molecule has 1 aromatic heterocycles. The summed E-state index contributed by atoms with van der Waals surface area (Å²) in [6.45, 7) is 1.94. The lowest BCUT2D eigenvalue weighted by Gasteiger charge is -2.17. The average molecular weight is 378 g/mol. The van der Waals surface area contributed by atoms with Crippen LogP contribution in [0.2, 0.25) is 0 Å². The van der Waals surface area contributed by atoms with E-state index in [0.717, 1.165) is 22.4 Å². The van der Waals surface area contributed by atoms with Crippen LogP contribution in [0.25, 0.3) is 11.1 Å². The number of carbonyl (C=O) groups excluding carboxylic acids is 1. The van der Waals surface area contributed by atoms with Crippen molar-refractivity contribution in [3.8, 4) is 28.4 Å². The molecule has 0 bridgehead atoms. The van der Waals surface area contributed by atoms with Crippen molar-refractivity contribution in [2.24, 2.45) is 0 Å². The molecular weight excluding hydrogens is 356 g/mol. The molecule has 144 valence electrons. The maximum atomic E-state index is 12.4. The lowest BCUT2D eigenvalue weighted by molar-refractivity contribution is 0.102. The maximum Gasteiger partial charge on any atom is 0.257 e. The van der Waals surface area contributed by atoms with Crippen molar-refractivity contribution in [1.82, 2.24) is 4.98 Å². The van der Waals surface area contributed by atoms with Gasteiger partial charge in [-0.05, 0) is 54.4 Å². The fraction of sp³-hybridized carbons (Fsp3) is 0.182. The first-order valence-corrected chi connectivity index (χ1v) is 8.70. The van der Waals surface area contributed by atoms with Crippen LogP contribution in [0, 0.1) is 6.92 Å². The van der Waals surface area contributed by atoms with Gasteiger partial charge in [-0.3, -0.25) is 9.78 Å². The third-order valence-electron chi connectivity index (χ3n) is 4.41. The van der Waals surface area contributed by atoms with E-state index in [-0.39, 0.29) is 5.91 Å². The lowest BCUT2D eigenvalue weighted by atomic mass is 10.0. The summed E-state index contributed by atoms with van der Waals surface area (Å²) in [5.74, 6) is 1.52. The minimum Gasteiger partial charge on any atom is -0.493 e. The molecule has 6 heteroatoms. The molecule has 0 aliphatic heterocycles. The van der Waals surface area contributed by atoms with Gasteiger partial charge in [0.25, 0.3) is 5.91 Å². The van der Waals surface area contributed by atoms with Gasteiger partial charge >= 0.3 is 0 Å². The molecule has 0 aliphatic carbocycles. The quantitative estimate of drug-likeness (QED) is 0.691. The van der Waals surface area contributed by atoms with E-state index in [1.807, 2.05) is 37.3 Å². The second kappa shape index (κ2) is 8.43. The summed E-state index contributed by atoms with van der Waals surface area (Å²) in [5, 5.41) is 2.92. The van der Waals surface area contributed by atoms with E-state index in [0.29, 0.717) is 22.8 Å². The number of nitrogens with one attached hydrogen (secondary N) is 1. The number of nitrogens with zero attached hydrogens (tertiary/aromatic N) is 1. The smallest absolute Gasteiger partial charge is 0.257 e. The number of amides is 1. The summed E-state index contributed by atoms with van der Waals surface area (Å²) >= 11 is 0. The lowest BCUT2D eigenvalue weighted by Crippen LogP contribution is -2.12. The Balaban J connectivity index is 1.94. The molecule has 0 unspecified atom stereocenters. The highest BCUT2D eigenvalue weighted by Gasteiger charge is 2.17. The van der Waals surface area contributed by atoms with Crippen LogP contribution >= 0.6 is 0 Å². The summed E-state index contributed by atoms with van der Waals surface area (Å²) in [7, 11) is 4.75. The zero-order chi connectivity index (χ0) is 20.1. The zero-order valence-corrected chi connectivity index (χ0v) is 16.3. The summed E-state index contributed by atoms with van der Waals surface area (Å²) in [6.07, 6.45) is 3.17. The second-order valence-electron chi connectivity index (χ2n) is 6.11. The summed E-state index contributed by atoms with van der Waals surface area (Å²) in [6, 6.07) is 13.0. The number of hydrogen-bond acceptors (Lipinski definition) is 5. The van der Waals surface area contributed by atoms with Gasteiger partial charge in [-0.2, -0.15) is 0 Å². The molecule has 0 aliphatic rings. The van der Waals surface area contributed by atoms with Crippen LogP contribution in [-0.2, 0) is 0 Å². The van der Waals surface area contributed by atoms with Gasteiger partial charge in [-0.15, -0.1) is 0 Å². The number of anilines is 1. The highest BCUT2D eigenvalue weighted by atomic mass is 16.5. The van der Waals surface area contributed by atoms with E-state index >= 15 is 0 Å². The predicted octanol–water partition coefficient (Wildman–Crippen LogP) is 4.34. The third kappa shape index (κ3) is 3.76. The molecule has 1 amide bonds. The molecule has 0 fully saturated rings. The van der Waals surface area contributed by atoms with E-state index < -0.39 is 0 Å². The Morgan fingerprint density at radius 1 is 0.964 bits per heavy atom. The highest BCUT2D eigenvalue weighted by Crippen LogP contribution is 2.44. The molecule has 0 atom stereocenters. The van der Waals surface area contributed by atoms with Gasteiger partial charge < -0.3 is 19.5 Å². The van der Waals surface area contributed by atoms with Crippen LogP contribution in [-0.4, -0.2) is 32.2 Å². The van der Waals surface area contributed by atoms with Crippen molar-refractivity contribution >= 4 is 11.6 Å². The van der Waals surface area contributed by atoms with Crippen LogP contribution in [0.3, 0.4) is 0 Å². The van der Waals surface area contributed by atoms with Gasteiger partial charge in [0.15, 0.2) is 11.5 Å². The topological polar surface area (TPSA) is 69.7 Å². The number of aromatic nitrogens is 1. The van der Waals surface area contributed by atoms with Crippen molar-refractivity contribution in [3.05, 3.63) is 66.0 Å². The van der Waals surface area contributed by atoms with E-state index in [4.69, 9.17) is 14.2 Å². The van der Waals surface area contributed by atoms with Gasteiger partial charge in [-0.25, -0.2) is 0 Å². The number of benzene rings is 2. The van der Waals surface area contributed by atoms with E-state index in [1.165, 1.54) is 6.20 Å². The van der Waals surface area contributed by atoms with Gasteiger partial charge in [-0.1, -0.05) is 6.07 Å². The van der Waals surface area contributed by atoms with Gasteiger partial charge in [0.05, 0.1) is 26.9 Å². The molecule has 1 N–H and O–H groups in total. The molecule has 3 rings (SSSR count). The number of aryl methyl sites for hydroxylation is 1. The largest absolute Gasteiger partial charge is 0.493 e. The zero-order valence-electron chi connectivity index (χ0n) is 16.3. The Kier molecular flexibility index (Phi) is 5.79. The first kappa shape index (κ1) is 19.2. The number of rotatable bonds is 6.